The van der Waals surface area contributed by atoms with Crippen molar-refractivity contribution in [1.29, 1.82) is 0 Å². The minimum atomic E-state index is 0.855. The Morgan fingerprint density at radius 3 is 2.00 bits per heavy atom. The van der Waals surface area contributed by atoms with Crippen LogP contribution in [0.3, 0.4) is 0 Å². The number of ether oxygens (including phenoxy) is 1. The van der Waals surface area contributed by atoms with Crippen LogP contribution in [0.15, 0.2) is 12.2 Å². The zero-order valence-electron chi connectivity index (χ0n) is 7.86. The molecule has 11 heavy (non-hydrogen) atoms. The lowest BCUT2D eigenvalue weighted by Gasteiger charge is -2.11. The molecule has 0 spiro atoms. The first-order valence-corrected chi connectivity index (χ1v) is 4.55. The van der Waals surface area contributed by atoms with E-state index in [0.29, 0.717) is 0 Å². The van der Waals surface area contributed by atoms with Gasteiger partial charge in [0, 0.05) is 13.2 Å². The normalized spacial score (nSPS) is 14.9. The van der Waals surface area contributed by atoms with E-state index in [0.717, 1.165) is 19.6 Å². The second-order valence-corrected chi connectivity index (χ2v) is 2.80. The summed E-state index contributed by atoms with van der Waals surface area (Å²) in [7, 11) is 0. The molecule has 1 aliphatic carbocycles. The van der Waals surface area contributed by atoms with E-state index in [4.69, 9.17) is 4.74 Å². The Balaban J connectivity index is 0.000000183. The lowest BCUT2D eigenvalue weighted by Crippen LogP contribution is -1.92. The molecule has 0 atom stereocenters. The first-order chi connectivity index (χ1) is 5.31. The van der Waals surface area contributed by atoms with E-state index in [9.17, 15) is 0 Å². The van der Waals surface area contributed by atoms with Gasteiger partial charge in [0.25, 0.3) is 0 Å². The predicted octanol–water partition coefficient (Wildman–Crippen LogP) is 3.16. The molecule has 0 aromatic carbocycles. The molecule has 0 aromatic rings. The lowest BCUT2D eigenvalue weighted by molar-refractivity contribution is 0.148. The maximum absolute atomic E-state index is 4.98. The van der Waals surface area contributed by atoms with E-state index in [2.05, 4.69) is 13.5 Å². The maximum atomic E-state index is 4.98. The van der Waals surface area contributed by atoms with Gasteiger partial charge in [0.1, 0.15) is 0 Å². The van der Waals surface area contributed by atoms with Crippen molar-refractivity contribution in [2.75, 3.05) is 13.2 Å². The topological polar surface area (TPSA) is 9.23 Å². The summed E-state index contributed by atoms with van der Waals surface area (Å²) < 4.78 is 4.98. The van der Waals surface area contributed by atoms with E-state index in [-0.39, 0.29) is 0 Å². The van der Waals surface area contributed by atoms with Crippen molar-refractivity contribution in [2.45, 2.75) is 39.5 Å². The van der Waals surface area contributed by atoms with Crippen molar-refractivity contribution in [3.63, 3.8) is 0 Å². The molecule has 0 N–H and O–H groups in total. The van der Waals surface area contributed by atoms with Gasteiger partial charge in [-0.2, -0.15) is 0 Å². The van der Waals surface area contributed by atoms with Crippen LogP contribution < -0.4 is 0 Å². The summed E-state index contributed by atoms with van der Waals surface area (Å²) in [6.45, 7) is 9.64. The second kappa shape index (κ2) is 7.80. The van der Waals surface area contributed by atoms with Gasteiger partial charge in [0.05, 0.1) is 0 Å². The highest BCUT2D eigenvalue weighted by Gasteiger charge is 2.02. The zero-order valence-corrected chi connectivity index (χ0v) is 7.86. The van der Waals surface area contributed by atoms with Crippen LogP contribution in [0.1, 0.15) is 39.5 Å². The molecule has 1 aliphatic rings. The fraction of sp³-hybridized carbons (Fsp3) is 0.800. The van der Waals surface area contributed by atoms with Gasteiger partial charge in [0.2, 0.25) is 0 Å². The summed E-state index contributed by atoms with van der Waals surface area (Å²) in [6.07, 6.45) is 5.10. The van der Waals surface area contributed by atoms with Gasteiger partial charge in [-0.25, -0.2) is 0 Å². The summed E-state index contributed by atoms with van der Waals surface area (Å²) >= 11 is 0. The smallest absolute Gasteiger partial charge is 0.0463 e. The number of rotatable bonds is 3. The number of allylic oxidation sites excluding steroid dienone is 1. The minimum absolute atomic E-state index is 0.855. The Labute approximate surface area is 70.4 Å². The van der Waals surface area contributed by atoms with Crippen LogP contribution in [0.25, 0.3) is 0 Å². The van der Waals surface area contributed by atoms with Crippen LogP contribution in [0.4, 0.5) is 0 Å². The van der Waals surface area contributed by atoms with E-state index < -0.39 is 0 Å². The summed E-state index contributed by atoms with van der Waals surface area (Å²) in [4.78, 5) is 0. The van der Waals surface area contributed by atoms with E-state index >= 15 is 0 Å². The van der Waals surface area contributed by atoms with Gasteiger partial charge in [-0.3, -0.25) is 0 Å². The SMILES string of the molecule is C=C1CCC1.CCCOCC. The largest absolute Gasteiger partial charge is 0.382 e. The molecule has 0 heterocycles. The molecule has 0 amide bonds. The van der Waals surface area contributed by atoms with Crippen molar-refractivity contribution < 1.29 is 4.74 Å². The fourth-order valence-corrected chi connectivity index (χ4v) is 0.715. The molecular weight excluding hydrogens is 136 g/mol. The van der Waals surface area contributed by atoms with E-state index in [1.54, 1.807) is 0 Å². The summed E-state index contributed by atoms with van der Waals surface area (Å²) in [5.74, 6) is 0. The highest BCUT2D eigenvalue weighted by molar-refractivity contribution is 5.01. The quantitative estimate of drug-likeness (QED) is 0.450. The van der Waals surface area contributed by atoms with Crippen molar-refractivity contribution >= 4 is 0 Å². The third kappa shape index (κ3) is 7.60. The Morgan fingerprint density at radius 2 is 1.91 bits per heavy atom. The summed E-state index contributed by atoms with van der Waals surface area (Å²) in [5, 5.41) is 0. The fourth-order valence-electron chi connectivity index (χ4n) is 0.715. The average molecular weight is 156 g/mol. The molecule has 1 heteroatoms. The summed E-state index contributed by atoms with van der Waals surface area (Å²) in [6, 6.07) is 0. The number of hydrogen-bond donors (Lipinski definition) is 0. The molecule has 66 valence electrons. The molecule has 1 saturated carbocycles. The van der Waals surface area contributed by atoms with Crippen LogP contribution in [0.5, 0.6) is 0 Å². The van der Waals surface area contributed by atoms with Gasteiger partial charge in [-0.15, -0.1) is 0 Å². The monoisotopic (exact) mass is 156 g/mol. The molecule has 1 nitrogen and oxygen atoms in total. The molecule has 0 aliphatic heterocycles. The molecule has 0 radical (unpaired) electrons. The highest BCUT2D eigenvalue weighted by atomic mass is 16.5. The standard InChI is InChI=1S/C5H12O.C5H8/c1-3-5-6-4-2;1-5-3-2-4-5/h3-5H2,1-2H3;1-4H2. The second-order valence-electron chi connectivity index (χ2n) is 2.80. The van der Waals surface area contributed by atoms with Crippen molar-refractivity contribution in [3.8, 4) is 0 Å². The van der Waals surface area contributed by atoms with Gasteiger partial charge in [0.15, 0.2) is 0 Å². The van der Waals surface area contributed by atoms with Crippen LogP contribution >= 0.6 is 0 Å². The maximum Gasteiger partial charge on any atom is 0.0463 e. The third-order valence-corrected chi connectivity index (χ3v) is 1.61. The molecule has 1 fully saturated rings. The first kappa shape index (κ1) is 10.7. The lowest BCUT2D eigenvalue weighted by atomic mass is 9.95. The Morgan fingerprint density at radius 1 is 1.36 bits per heavy atom. The number of hydrogen-bond acceptors (Lipinski definition) is 1. The van der Waals surface area contributed by atoms with Gasteiger partial charge >= 0.3 is 0 Å². The molecular formula is C10H20O. The van der Waals surface area contributed by atoms with Crippen molar-refractivity contribution in [2.24, 2.45) is 0 Å². The highest BCUT2D eigenvalue weighted by Crippen LogP contribution is 2.21. The minimum Gasteiger partial charge on any atom is -0.382 e. The predicted molar refractivity (Wildman–Crippen MR) is 49.8 cm³/mol. The third-order valence-electron chi connectivity index (χ3n) is 1.61. The zero-order chi connectivity index (χ0) is 8.53. The molecule has 1 rings (SSSR count). The van der Waals surface area contributed by atoms with Crippen LogP contribution in [0, 0.1) is 0 Å². The Bertz CT molecular complexity index is 87.0. The molecule has 0 aromatic heterocycles. The summed E-state index contributed by atoms with van der Waals surface area (Å²) in [5.41, 5.74) is 1.44. The Kier molecular flexibility index (Phi) is 7.59. The van der Waals surface area contributed by atoms with E-state index in [1.807, 2.05) is 6.92 Å². The molecule has 0 saturated heterocycles. The van der Waals surface area contributed by atoms with Crippen molar-refractivity contribution in [1.82, 2.24) is 0 Å². The Hall–Kier alpha value is -0.300. The first-order valence-electron chi connectivity index (χ1n) is 4.55. The van der Waals surface area contributed by atoms with Crippen molar-refractivity contribution in [3.05, 3.63) is 12.2 Å². The van der Waals surface area contributed by atoms with Crippen LogP contribution in [-0.2, 0) is 4.74 Å². The van der Waals surface area contributed by atoms with Crippen LogP contribution in [-0.4, -0.2) is 13.2 Å². The van der Waals surface area contributed by atoms with Crippen LogP contribution in [0.2, 0.25) is 0 Å². The molecule has 0 unspecified atom stereocenters. The van der Waals surface area contributed by atoms with Gasteiger partial charge < -0.3 is 4.74 Å². The van der Waals surface area contributed by atoms with Gasteiger partial charge in [-0.05, 0) is 32.6 Å². The average Bonchev–Trinajstić information content (AvgIpc) is 1.98. The van der Waals surface area contributed by atoms with E-state index in [1.165, 1.54) is 24.8 Å². The molecule has 0 bridgehead atoms. The van der Waals surface area contributed by atoms with Gasteiger partial charge in [-0.1, -0.05) is 19.1 Å².